The summed E-state index contributed by atoms with van der Waals surface area (Å²) in [5.41, 5.74) is 5.83. The smallest absolute Gasteiger partial charge is 0.135 e. The van der Waals surface area contributed by atoms with Gasteiger partial charge in [-0.25, -0.2) is 18.7 Å². The first-order valence-electron chi connectivity index (χ1n) is 7.31. The molecule has 2 aromatic carbocycles. The van der Waals surface area contributed by atoms with Gasteiger partial charge < -0.3 is 0 Å². The lowest BCUT2D eigenvalue weighted by atomic mass is 9.96. The van der Waals surface area contributed by atoms with Crippen molar-refractivity contribution >= 4 is 0 Å². The molecule has 1 aromatic heterocycles. The van der Waals surface area contributed by atoms with Crippen molar-refractivity contribution in [3.63, 3.8) is 0 Å². The minimum absolute atomic E-state index is 0.262. The van der Waals surface area contributed by atoms with Gasteiger partial charge in [-0.3, -0.25) is 0 Å². The molecule has 0 radical (unpaired) electrons. The maximum absolute atomic E-state index is 14.0. The van der Waals surface area contributed by atoms with Crippen LogP contribution >= 0.6 is 0 Å². The molecule has 0 amide bonds. The Morgan fingerprint density at radius 2 is 1.43 bits per heavy atom. The van der Waals surface area contributed by atoms with E-state index in [2.05, 4.69) is 22.1 Å². The Bertz CT molecular complexity index is 865. The van der Waals surface area contributed by atoms with Crippen LogP contribution in [0.5, 0.6) is 0 Å². The summed E-state index contributed by atoms with van der Waals surface area (Å²) in [5.74, 6) is -1.24. The molecule has 0 N–H and O–H groups in total. The summed E-state index contributed by atoms with van der Waals surface area (Å²) in [6.45, 7) is 6.09. The highest BCUT2D eigenvalue weighted by Gasteiger charge is 2.12. The molecule has 0 atom stereocenters. The molecule has 0 aliphatic rings. The van der Waals surface area contributed by atoms with Crippen LogP contribution in [0.4, 0.5) is 8.78 Å². The normalized spacial score (nSPS) is 10.8. The quantitative estimate of drug-likeness (QED) is 0.664. The molecule has 0 unspecified atom stereocenters. The van der Waals surface area contributed by atoms with Gasteiger partial charge in [0.25, 0.3) is 0 Å². The van der Waals surface area contributed by atoms with E-state index in [1.165, 1.54) is 24.0 Å². The molecular weight excluding hydrogens is 294 g/mol. The van der Waals surface area contributed by atoms with Gasteiger partial charge in [0.05, 0.1) is 11.4 Å². The zero-order valence-electron chi connectivity index (χ0n) is 13.2. The monoisotopic (exact) mass is 310 g/mol. The largest absolute Gasteiger partial charge is 0.236 e. The first kappa shape index (κ1) is 15.3. The van der Waals surface area contributed by atoms with Crippen molar-refractivity contribution in [2.75, 3.05) is 0 Å². The molecule has 0 spiro atoms. The highest BCUT2D eigenvalue weighted by atomic mass is 19.1. The van der Waals surface area contributed by atoms with E-state index in [4.69, 9.17) is 0 Å². The van der Waals surface area contributed by atoms with Crippen molar-refractivity contribution in [1.82, 2.24) is 9.97 Å². The molecule has 1 heterocycles. The number of hydrogen-bond donors (Lipinski definition) is 0. The topological polar surface area (TPSA) is 25.8 Å². The molecule has 0 bridgehead atoms. The maximum atomic E-state index is 14.0. The number of hydrogen-bond acceptors (Lipinski definition) is 2. The maximum Gasteiger partial charge on any atom is 0.135 e. The van der Waals surface area contributed by atoms with E-state index in [0.717, 1.165) is 28.5 Å². The second kappa shape index (κ2) is 5.88. The first-order chi connectivity index (χ1) is 11.0. The standard InChI is InChI=1S/C19H16F2N2/c1-11-6-12(2)19(13(3)7-11)18-9-17(22-10-23-18)15-5-4-14(20)8-16(15)21/h4-10H,1-3H3. The lowest BCUT2D eigenvalue weighted by Crippen LogP contribution is -1.96. The molecule has 0 aliphatic heterocycles. The van der Waals surface area contributed by atoms with E-state index < -0.39 is 11.6 Å². The van der Waals surface area contributed by atoms with Crippen LogP contribution in [0.1, 0.15) is 16.7 Å². The number of rotatable bonds is 2. The fourth-order valence-electron chi connectivity index (χ4n) is 2.92. The van der Waals surface area contributed by atoms with Gasteiger partial charge in [-0.2, -0.15) is 0 Å². The third-order valence-electron chi connectivity index (χ3n) is 3.81. The Kier molecular flexibility index (Phi) is 3.90. The van der Waals surface area contributed by atoms with Crippen LogP contribution in [0.3, 0.4) is 0 Å². The molecule has 0 saturated carbocycles. The van der Waals surface area contributed by atoms with Crippen LogP contribution in [0.25, 0.3) is 22.5 Å². The van der Waals surface area contributed by atoms with Crippen LogP contribution < -0.4 is 0 Å². The molecule has 0 aliphatic carbocycles. The average molecular weight is 310 g/mol. The summed E-state index contributed by atoms with van der Waals surface area (Å²) in [5, 5.41) is 0. The van der Waals surface area contributed by atoms with Gasteiger partial charge in [0.1, 0.15) is 18.0 Å². The second-order valence-electron chi connectivity index (χ2n) is 5.69. The third-order valence-corrected chi connectivity index (χ3v) is 3.81. The molecule has 3 aromatic rings. The van der Waals surface area contributed by atoms with E-state index in [0.29, 0.717) is 5.69 Å². The molecular formula is C19H16F2N2. The highest BCUT2D eigenvalue weighted by molar-refractivity contribution is 5.72. The van der Waals surface area contributed by atoms with Crippen molar-refractivity contribution in [2.45, 2.75) is 20.8 Å². The number of benzene rings is 2. The van der Waals surface area contributed by atoms with Gasteiger partial charge >= 0.3 is 0 Å². The summed E-state index contributed by atoms with van der Waals surface area (Å²) in [4.78, 5) is 8.46. The molecule has 4 heteroatoms. The predicted molar refractivity (Wildman–Crippen MR) is 87.0 cm³/mol. The van der Waals surface area contributed by atoms with Gasteiger partial charge in [-0.1, -0.05) is 17.7 Å². The van der Waals surface area contributed by atoms with Gasteiger partial charge in [0.15, 0.2) is 0 Å². The first-order valence-corrected chi connectivity index (χ1v) is 7.31. The number of aromatic nitrogens is 2. The van der Waals surface area contributed by atoms with Gasteiger partial charge in [-0.05, 0) is 50.1 Å². The number of nitrogens with zero attached hydrogens (tertiary/aromatic N) is 2. The lowest BCUT2D eigenvalue weighted by Gasteiger charge is -2.12. The zero-order chi connectivity index (χ0) is 16.6. The Labute approximate surface area is 133 Å². The van der Waals surface area contributed by atoms with Crippen molar-refractivity contribution in [3.8, 4) is 22.5 Å². The molecule has 3 rings (SSSR count). The number of aryl methyl sites for hydroxylation is 3. The minimum Gasteiger partial charge on any atom is -0.236 e. The van der Waals surface area contributed by atoms with Gasteiger partial charge in [0, 0.05) is 17.2 Å². The van der Waals surface area contributed by atoms with E-state index in [1.54, 1.807) is 6.07 Å². The minimum atomic E-state index is -0.632. The predicted octanol–water partition coefficient (Wildman–Crippen LogP) is 5.01. The molecule has 116 valence electrons. The Morgan fingerprint density at radius 3 is 2.09 bits per heavy atom. The van der Waals surface area contributed by atoms with Gasteiger partial charge in [-0.15, -0.1) is 0 Å². The van der Waals surface area contributed by atoms with Crippen LogP contribution in [-0.4, -0.2) is 9.97 Å². The van der Waals surface area contributed by atoms with E-state index in [1.807, 2.05) is 20.8 Å². The molecule has 23 heavy (non-hydrogen) atoms. The van der Waals surface area contributed by atoms with Crippen molar-refractivity contribution < 1.29 is 8.78 Å². The summed E-state index contributed by atoms with van der Waals surface area (Å²) in [7, 11) is 0. The fraction of sp³-hybridized carbons (Fsp3) is 0.158. The van der Waals surface area contributed by atoms with Crippen molar-refractivity contribution in [1.29, 1.82) is 0 Å². The van der Waals surface area contributed by atoms with E-state index in [-0.39, 0.29) is 5.56 Å². The van der Waals surface area contributed by atoms with E-state index in [9.17, 15) is 8.78 Å². The fourth-order valence-corrected chi connectivity index (χ4v) is 2.92. The van der Waals surface area contributed by atoms with Crippen LogP contribution in [0.15, 0.2) is 42.7 Å². The van der Waals surface area contributed by atoms with Crippen molar-refractivity contribution in [2.24, 2.45) is 0 Å². The Balaban J connectivity index is 2.14. The lowest BCUT2D eigenvalue weighted by molar-refractivity contribution is 0.585. The summed E-state index contributed by atoms with van der Waals surface area (Å²) < 4.78 is 27.1. The number of halogens is 2. The van der Waals surface area contributed by atoms with Gasteiger partial charge in [0.2, 0.25) is 0 Å². The average Bonchev–Trinajstić information content (AvgIpc) is 2.46. The molecule has 0 saturated heterocycles. The summed E-state index contributed by atoms with van der Waals surface area (Å²) in [6.07, 6.45) is 1.41. The van der Waals surface area contributed by atoms with Crippen LogP contribution in [0.2, 0.25) is 0 Å². The highest BCUT2D eigenvalue weighted by Crippen LogP contribution is 2.29. The summed E-state index contributed by atoms with van der Waals surface area (Å²) in [6, 6.07) is 9.39. The zero-order valence-corrected chi connectivity index (χ0v) is 13.2. The van der Waals surface area contributed by atoms with Crippen LogP contribution in [-0.2, 0) is 0 Å². The van der Waals surface area contributed by atoms with E-state index >= 15 is 0 Å². The Morgan fingerprint density at radius 1 is 0.783 bits per heavy atom. The second-order valence-corrected chi connectivity index (χ2v) is 5.69. The SMILES string of the molecule is Cc1cc(C)c(-c2cc(-c3ccc(F)cc3F)ncn2)c(C)c1. The molecule has 0 fully saturated rings. The van der Waals surface area contributed by atoms with Crippen LogP contribution in [0, 0.1) is 32.4 Å². The molecule has 2 nitrogen and oxygen atoms in total. The van der Waals surface area contributed by atoms with Crippen molar-refractivity contribution in [3.05, 3.63) is 71.1 Å². The summed E-state index contributed by atoms with van der Waals surface area (Å²) >= 11 is 0. The Hall–Kier alpha value is -2.62. The third kappa shape index (κ3) is 2.97.